The number of fused-ring (bicyclic) bond motifs is 1. The van der Waals surface area contributed by atoms with Crippen molar-refractivity contribution in [2.75, 3.05) is 12.0 Å². The van der Waals surface area contributed by atoms with Gasteiger partial charge in [0, 0.05) is 12.1 Å². The maximum Gasteiger partial charge on any atom is 0.127 e. The van der Waals surface area contributed by atoms with Gasteiger partial charge in [0.25, 0.3) is 0 Å². The Bertz CT molecular complexity index is 592. The molecule has 2 N–H and O–H groups in total. The minimum Gasteiger partial charge on any atom is -0.324 e. The fourth-order valence-electron chi connectivity index (χ4n) is 2.44. The van der Waals surface area contributed by atoms with Crippen molar-refractivity contribution in [2.45, 2.75) is 31.3 Å². The summed E-state index contributed by atoms with van der Waals surface area (Å²) in [7, 11) is 0. The van der Waals surface area contributed by atoms with E-state index in [9.17, 15) is 4.39 Å². The van der Waals surface area contributed by atoms with Gasteiger partial charge in [0.1, 0.15) is 11.6 Å². The van der Waals surface area contributed by atoms with Crippen molar-refractivity contribution in [2.24, 2.45) is 5.73 Å². The summed E-state index contributed by atoms with van der Waals surface area (Å²) in [6.07, 6.45) is 5.32. The van der Waals surface area contributed by atoms with Crippen molar-refractivity contribution in [3.8, 4) is 0 Å². The molecule has 0 amide bonds. The van der Waals surface area contributed by atoms with E-state index in [1.54, 1.807) is 11.8 Å². The quantitative estimate of drug-likeness (QED) is 0.913. The van der Waals surface area contributed by atoms with Crippen molar-refractivity contribution in [3.05, 3.63) is 29.8 Å². The molecule has 1 atom stereocenters. The first kappa shape index (κ1) is 12.9. The molecule has 1 aromatic carbocycles. The van der Waals surface area contributed by atoms with Gasteiger partial charge >= 0.3 is 0 Å². The lowest BCUT2D eigenvalue weighted by Gasteiger charge is -2.13. The predicted molar refractivity (Wildman–Crippen MR) is 77.9 cm³/mol. The Hall–Kier alpha value is -1.07. The summed E-state index contributed by atoms with van der Waals surface area (Å²) in [4.78, 5) is 4.58. The topological polar surface area (TPSA) is 43.8 Å². The van der Waals surface area contributed by atoms with Crippen LogP contribution in [0.4, 0.5) is 4.39 Å². The number of aromatic nitrogens is 2. The van der Waals surface area contributed by atoms with Gasteiger partial charge in [0.05, 0.1) is 17.1 Å². The highest BCUT2D eigenvalue weighted by molar-refractivity contribution is 7.98. The molecule has 1 fully saturated rings. The van der Waals surface area contributed by atoms with Crippen LogP contribution in [0.3, 0.4) is 0 Å². The van der Waals surface area contributed by atoms with Crippen molar-refractivity contribution in [3.63, 3.8) is 0 Å². The van der Waals surface area contributed by atoms with Gasteiger partial charge in [-0.2, -0.15) is 11.8 Å². The van der Waals surface area contributed by atoms with Gasteiger partial charge in [-0.25, -0.2) is 9.37 Å². The van der Waals surface area contributed by atoms with Crippen LogP contribution in [0.15, 0.2) is 18.2 Å². The van der Waals surface area contributed by atoms with E-state index < -0.39 is 0 Å². The SMILES string of the molecule is CSCCC(N)c1nc2cc(F)ccc2n1C1CC1. The van der Waals surface area contributed by atoms with E-state index in [4.69, 9.17) is 5.73 Å². The van der Waals surface area contributed by atoms with Gasteiger partial charge in [-0.15, -0.1) is 0 Å². The van der Waals surface area contributed by atoms with Gasteiger partial charge < -0.3 is 10.3 Å². The minimum atomic E-state index is -0.239. The molecule has 1 aliphatic rings. The summed E-state index contributed by atoms with van der Waals surface area (Å²) >= 11 is 1.79. The molecule has 0 radical (unpaired) electrons. The van der Waals surface area contributed by atoms with Crippen LogP contribution in [0.5, 0.6) is 0 Å². The van der Waals surface area contributed by atoms with E-state index in [0.29, 0.717) is 6.04 Å². The number of hydrogen-bond donors (Lipinski definition) is 1. The average Bonchev–Trinajstić information content (AvgIpc) is 3.16. The number of benzene rings is 1. The van der Waals surface area contributed by atoms with Crippen molar-refractivity contribution in [1.29, 1.82) is 0 Å². The first-order valence-electron chi connectivity index (χ1n) is 6.62. The third-order valence-electron chi connectivity index (χ3n) is 3.56. The second-order valence-corrected chi connectivity index (χ2v) is 6.08. The number of nitrogens with two attached hydrogens (primary N) is 1. The maximum absolute atomic E-state index is 13.3. The predicted octanol–water partition coefficient (Wildman–Crippen LogP) is 3.26. The monoisotopic (exact) mass is 279 g/mol. The zero-order valence-electron chi connectivity index (χ0n) is 11.0. The zero-order chi connectivity index (χ0) is 13.4. The highest BCUT2D eigenvalue weighted by atomic mass is 32.2. The Balaban J connectivity index is 2.04. The van der Waals surface area contributed by atoms with Crippen LogP contribution in [-0.4, -0.2) is 21.6 Å². The minimum absolute atomic E-state index is 0.0662. The Kier molecular flexibility index (Phi) is 3.50. The maximum atomic E-state index is 13.3. The number of rotatable bonds is 5. The Morgan fingerprint density at radius 1 is 1.53 bits per heavy atom. The largest absolute Gasteiger partial charge is 0.324 e. The standard InChI is InChI=1S/C14H18FN3S/c1-19-7-6-11(16)14-17-12-8-9(15)2-5-13(12)18(14)10-3-4-10/h2,5,8,10-11H,3-4,6-7,16H2,1H3. The summed E-state index contributed by atoms with van der Waals surface area (Å²) in [5.41, 5.74) is 8.00. The Morgan fingerprint density at radius 2 is 2.32 bits per heavy atom. The second-order valence-electron chi connectivity index (χ2n) is 5.09. The first-order valence-corrected chi connectivity index (χ1v) is 8.02. The van der Waals surface area contributed by atoms with Crippen LogP contribution in [-0.2, 0) is 0 Å². The van der Waals surface area contributed by atoms with Crippen LogP contribution in [0, 0.1) is 5.82 Å². The molecule has 1 saturated carbocycles. The number of nitrogens with zero attached hydrogens (tertiary/aromatic N) is 2. The summed E-state index contributed by atoms with van der Waals surface area (Å²) in [6.45, 7) is 0. The molecule has 2 aromatic rings. The summed E-state index contributed by atoms with van der Waals surface area (Å²) in [5, 5.41) is 0. The third kappa shape index (κ3) is 2.49. The van der Waals surface area contributed by atoms with E-state index in [-0.39, 0.29) is 11.9 Å². The molecular weight excluding hydrogens is 261 g/mol. The van der Waals surface area contributed by atoms with Crippen molar-refractivity contribution in [1.82, 2.24) is 9.55 Å². The van der Waals surface area contributed by atoms with Gasteiger partial charge in [-0.3, -0.25) is 0 Å². The summed E-state index contributed by atoms with van der Waals surface area (Å²) in [6, 6.07) is 5.26. The first-order chi connectivity index (χ1) is 9.20. The lowest BCUT2D eigenvalue weighted by Crippen LogP contribution is -2.17. The summed E-state index contributed by atoms with van der Waals surface area (Å²) < 4.78 is 15.5. The van der Waals surface area contributed by atoms with Gasteiger partial charge in [-0.05, 0) is 43.4 Å². The highest BCUT2D eigenvalue weighted by Gasteiger charge is 2.29. The molecule has 1 aliphatic carbocycles. The fraction of sp³-hybridized carbons (Fsp3) is 0.500. The third-order valence-corrected chi connectivity index (χ3v) is 4.20. The molecule has 0 spiro atoms. The van der Waals surface area contributed by atoms with Gasteiger partial charge in [0.15, 0.2) is 0 Å². The Morgan fingerprint density at radius 3 is 3.00 bits per heavy atom. The molecule has 0 saturated heterocycles. The number of imidazole rings is 1. The van der Waals surface area contributed by atoms with E-state index >= 15 is 0 Å². The number of thioether (sulfide) groups is 1. The van der Waals surface area contributed by atoms with E-state index in [0.717, 1.165) is 29.0 Å². The highest BCUT2D eigenvalue weighted by Crippen LogP contribution is 2.40. The summed E-state index contributed by atoms with van der Waals surface area (Å²) in [5.74, 6) is 1.69. The fourth-order valence-corrected chi connectivity index (χ4v) is 2.93. The Labute approximate surface area is 116 Å². The van der Waals surface area contributed by atoms with Crippen LogP contribution >= 0.6 is 11.8 Å². The molecule has 0 aliphatic heterocycles. The normalized spacial score (nSPS) is 17.0. The van der Waals surface area contributed by atoms with Gasteiger partial charge in [-0.1, -0.05) is 0 Å². The van der Waals surface area contributed by atoms with Crippen molar-refractivity contribution >= 4 is 22.8 Å². The van der Waals surface area contributed by atoms with E-state index in [1.807, 2.05) is 6.07 Å². The molecular formula is C14H18FN3S. The smallest absolute Gasteiger partial charge is 0.127 e. The molecule has 102 valence electrons. The van der Waals surface area contributed by atoms with Crippen LogP contribution in [0.25, 0.3) is 11.0 Å². The number of halogens is 1. The molecule has 3 nitrogen and oxygen atoms in total. The molecule has 1 unspecified atom stereocenters. The number of hydrogen-bond acceptors (Lipinski definition) is 3. The van der Waals surface area contributed by atoms with Crippen LogP contribution in [0.2, 0.25) is 0 Å². The molecule has 1 aromatic heterocycles. The lowest BCUT2D eigenvalue weighted by atomic mass is 10.2. The van der Waals surface area contributed by atoms with E-state index in [2.05, 4.69) is 15.8 Å². The van der Waals surface area contributed by atoms with Gasteiger partial charge in [0.2, 0.25) is 0 Å². The van der Waals surface area contributed by atoms with E-state index in [1.165, 1.54) is 25.0 Å². The molecule has 0 bridgehead atoms. The lowest BCUT2D eigenvalue weighted by molar-refractivity contribution is 0.594. The molecule has 19 heavy (non-hydrogen) atoms. The molecule has 3 rings (SSSR count). The second kappa shape index (κ2) is 5.13. The molecule has 5 heteroatoms. The zero-order valence-corrected chi connectivity index (χ0v) is 11.8. The van der Waals surface area contributed by atoms with Crippen molar-refractivity contribution < 1.29 is 4.39 Å². The molecule has 1 heterocycles. The van der Waals surface area contributed by atoms with Crippen LogP contribution in [0.1, 0.15) is 37.2 Å². The average molecular weight is 279 g/mol. The van der Waals surface area contributed by atoms with Crippen LogP contribution < -0.4 is 5.73 Å².